The van der Waals surface area contributed by atoms with Crippen molar-refractivity contribution in [3.05, 3.63) is 133 Å². The molecule has 0 amide bonds. The summed E-state index contributed by atoms with van der Waals surface area (Å²) in [6.45, 7) is 0. The molecular formula is C29H21FN2O. The number of benzene rings is 4. The quantitative estimate of drug-likeness (QED) is 0.254. The molecule has 1 heterocycles. The molecule has 0 aliphatic carbocycles. The summed E-state index contributed by atoms with van der Waals surface area (Å²) in [5.74, 6) is -0.303. The van der Waals surface area contributed by atoms with Crippen LogP contribution in [0, 0.1) is 5.82 Å². The molecular weight excluding hydrogens is 411 g/mol. The van der Waals surface area contributed by atoms with Crippen molar-refractivity contribution in [2.45, 2.75) is 0 Å². The molecule has 0 unspecified atom stereocenters. The maximum Gasteiger partial charge on any atom is 0.181 e. The monoisotopic (exact) mass is 432 g/mol. The molecule has 0 saturated heterocycles. The molecule has 0 N–H and O–H groups in total. The molecule has 0 fully saturated rings. The van der Waals surface area contributed by atoms with Gasteiger partial charge in [-0.05, 0) is 48.0 Å². The number of oxazole rings is 1. The van der Waals surface area contributed by atoms with Gasteiger partial charge >= 0.3 is 0 Å². The Bertz CT molecular complexity index is 1310. The molecule has 0 bridgehead atoms. The van der Waals surface area contributed by atoms with Gasteiger partial charge in [-0.1, -0.05) is 72.8 Å². The van der Waals surface area contributed by atoms with E-state index in [0.717, 1.165) is 22.6 Å². The second-order valence-electron chi connectivity index (χ2n) is 7.54. The highest BCUT2D eigenvalue weighted by molar-refractivity contribution is 5.78. The summed E-state index contributed by atoms with van der Waals surface area (Å²) >= 11 is 0. The number of halogens is 1. The van der Waals surface area contributed by atoms with Gasteiger partial charge in [0, 0.05) is 28.2 Å². The number of nitrogens with zero attached hydrogens (tertiary/aromatic N) is 2. The number of aromatic nitrogens is 1. The van der Waals surface area contributed by atoms with Crippen molar-refractivity contribution in [2.24, 2.45) is 0 Å². The van der Waals surface area contributed by atoms with Gasteiger partial charge in [0.2, 0.25) is 0 Å². The SMILES string of the molecule is Fc1cc(-c2cocn2)ccc1/C=C/c1ccc(N(c2ccccc2)c2ccccc2)cc1. The first-order valence-corrected chi connectivity index (χ1v) is 10.6. The number of hydrogen-bond donors (Lipinski definition) is 0. The summed E-state index contributed by atoms with van der Waals surface area (Å²) in [5.41, 5.74) is 6.02. The lowest BCUT2D eigenvalue weighted by atomic mass is 10.1. The lowest BCUT2D eigenvalue weighted by molar-refractivity contribution is 0.558. The highest BCUT2D eigenvalue weighted by Gasteiger charge is 2.11. The van der Waals surface area contributed by atoms with Crippen molar-refractivity contribution in [3.63, 3.8) is 0 Å². The predicted octanol–water partition coefficient (Wildman–Crippen LogP) is 8.12. The van der Waals surface area contributed by atoms with E-state index >= 15 is 0 Å². The molecule has 0 radical (unpaired) electrons. The maximum absolute atomic E-state index is 14.6. The van der Waals surface area contributed by atoms with Crippen LogP contribution in [-0.4, -0.2) is 4.98 Å². The second kappa shape index (κ2) is 9.37. The van der Waals surface area contributed by atoms with E-state index in [-0.39, 0.29) is 5.82 Å². The summed E-state index contributed by atoms with van der Waals surface area (Å²) in [6.07, 6.45) is 6.53. The Morgan fingerprint density at radius 2 is 1.33 bits per heavy atom. The van der Waals surface area contributed by atoms with E-state index in [4.69, 9.17) is 4.42 Å². The summed E-state index contributed by atoms with van der Waals surface area (Å²) in [7, 11) is 0. The number of para-hydroxylation sites is 2. The van der Waals surface area contributed by atoms with Crippen LogP contribution in [0.5, 0.6) is 0 Å². The number of hydrogen-bond acceptors (Lipinski definition) is 3. The molecule has 160 valence electrons. The molecule has 33 heavy (non-hydrogen) atoms. The fraction of sp³-hybridized carbons (Fsp3) is 0. The Labute approximate surface area is 192 Å². The Balaban J connectivity index is 1.39. The fourth-order valence-corrected chi connectivity index (χ4v) is 3.70. The van der Waals surface area contributed by atoms with Crippen molar-refractivity contribution in [2.75, 3.05) is 4.90 Å². The maximum atomic E-state index is 14.6. The van der Waals surface area contributed by atoms with Gasteiger partial charge < -0.3 is 9.32 Å². The van der Waals surface area contributed by atoms with Gasteiger partial charge in [0.05, 0.1) is 0 Å². The highest BCUT2D eigenvalue weighted by Crippen LogP contribution is 2.34. The van der Waals surface area contributed by atoms with Gasteiger partial charge in [0.15, 0.2) is 6.39 Å². The molecule has 5 rings (SSSR count). The molecule has 0 spiro atoms. The van der Waals surface area contributed by atoms with Gasteiger partial charge in [-0.15, -0.1) is 0 Å². The normalized spacial score (nSPS) is 11.1. The minimum Gasteiger partial charge on any atom is -0.451 e. The predicted molar refractivity (Wildman–Crippen MR) is 132 cm³/mol. The van der Waals surface area contributed by atoms with E-state index in [1.807, 2.05) is 60.7 Å². The highest BCUT2D eigenvalue weighted by atomic mass is 19.1. The average Bonchev–Trinajstić information content (AvgIpc) is 3.41. The van der Waals surface area contributed by atoms with Crippen LogP contribution in [0.1, 0.15) is 11.1 Å². The van der Waals surface area contributed by atoms with E-state index in [1.54, 1.807) is 12.1 Å². The van der Waals surface area contributed by atoms with Gasteiger partial charge in [-0.2, -0.15) is 0 Å². The molecule has 3 nitrogen and oxygen atoms in total. The third kappa shape index (κ3) is 4.60. The van der Waals surface area contributed by atoms with E-state index in [1.165, 1.54) is 18.7 Å². The molecule has 1 aromatic heterocycles. The Morgan fingerprint density at radius 1 is 0.697 bits per heavy atom. The minimum absolute atomic E-state index is 0.303. The Morgan fingerprint density at radius 3 is 1.91 bits per heavy atom. The first-order chi connectivity index (χ1) is 16.3. The summed E-state index contributed by atoms with van der Waals surface area (Å²) in [4.78, 5) is 6.27. The summed E-state index contributed by atoms with van der Waals surface area (Å²) < 4.78 is 19.5. The van der Waals surface area contributed by atoms with Gasteiger partial charge in [-0.25, -0.2) is 9.37 Å². The van der Waals surface area contributed by atoms with Crippen LogP contribution in [0.2, 0.25) is 0 Å². The third-order valence-electron chi connectivity index (χ3n) is 5.36. The molecule has 0 atom stereocenters. The smallest absolute Gasteiger partial charge is 0.181 e. The van der Waals surface area contributed by atoms with Crippen LogP contribution in [0.15, 0.2) is 120 Å². The molecule has 4 aromatic carbocycles. The van der Waals surface area contributed by atoms with Crippen molar-refractivity contribution in [1.82, 2.24) is 4.98 Å². The van der Waals surface area contributed by atoms with E-state index in [2.05, 4.69) is 46.3 Å². The Kier molecular flexibility index (Phi) is 5.81. The van der Waals surface area contributed by atoms with Crippen LogP contribution in [-0.2, 0) is 0 Å². The van der Waals surface area contributed by atoms with Crippen LogP contribution in [0.4, 0.5) is 21.5 Å². The topological polar surface area (TPSA) is 29.3 Å². The molecule has 4 heteroatoms. The molecule has 5 aromatic rings. The van der Waals surface area contributed by atoms with Crippen molar-refractivity contribution in [3.8, 4) is 11.3 Å². The molecule has 0 aliphatic heterocycles. The van der Waals surface area contributed by atoms with Crippen molar-refractivity contribution < 1.29 is 8.81 Å². The van der Waals surface area contributed by atoms with E-state index in [9.17, 15) is 4.39 Å². The lowest BCUT2D eigenvalue weighted by Gasteiger charge is -2.25. The van der Waals surface area contributed by atoms with Crippen molar-refractivity contribution >= 4 is 29.2 Å². The number of rotatable bonds is 6. The first kappa shape index (κ1) is 20.5. The number of anilines is 3. The molecule has 0 aliphatic rings. The zero-order valence-corrected chi connectivity index (χ0v) is 17.8. The van der Waals surface area contributed by atoms with Gasteiger partial charge in [0.1, 0.15) is 17.8 Å². The standard InChI is InChI=1S/C29H21FN2O/c30-28-19-24(29-20-33-21-31-29)16-15-23(28)14-11-22-12-17-27(18-13-22)32(25-7-3-1-4-8-25)26-9-5-2-6-10-26/h1-21H/b14-11+. The average molecular weight is 432 g/mol. The van der Waals surface area contributed by atoms with E-state index < -0.39 is 0 Å². The fourth-order valence-electron chi connectivity index (χ4n) is 3.70. The summed E-state index contributed by atoms with van der Waals surface area (Å²) in [6, 6.07) is 33.8. The zero-order chi connectivity index (χ0) is 22.5. The lowest BCUT2D eigenvalue weighted by Crippen LogP contribution is -2.09. The van der Waals surface area contributed by atoms with Gasteiger partial charge in [-0.3, -0.25) is 0 Å². The third-order valence-corrected chi connectivity index (χ3v) is 5.36. The zero-order valence-electron chi connectivity index (χ0n) is 17.8. The van der Waals surface area contributed by atoms with Crippen LogP contribution in [0.3, 0.4) is 0 Å². The largest absolute Gasteiger partial charge is 0.451 e. The minimum atomic E-state index is -0.303. The second-order valence-corrected chi connectivity index (χ2v) is 7.54. The summed E-state index contributed by atoms with van der Waals surface area (Å²) in [5, 5.41) is 0. The van der Waals surface area contributed by atoms with E-state index in [0.29, 0.717) is 16.8 Å². The van der Waals surface area contributed by atoms with Crippen LogP contribution < -0.4 is 4.90 Å². The van der Waals surface area contributed by atoms with Crippen LogP contribution >= 0.6 is 0 Å². The Hall–Kier alpha value is -4.44. The van der Waals surface area contributed by atoms with Crippen LogP contribution in [0.25, 0.3) is 23.4 Å². The first-order valence-electron chi connectivity index (χ1n) is 10.6. The molecule has 0 saturated carbocycles. The van der Waals surface area contributed by atoms with Gasteiger partial charge in [0.25, 0.3) is 0 Å². The van der Waals surface area contributed by atoms with Crippen molar-refractivity contribution in [1.29, 1.82) is 0 Å².